The molecule has 1 aliphatic heterocycles. The van der Waals surface area contributed by atoms with Gasteiger partial charge in [0, 0.05) is 9.75 Å². The van der Waals surface area contributed by atoms with E-state index in [2.05, 4.69) is 37.3 Å². The molecule has 18 heavy (non-hydrogen) atoms. The second-order valence-electron chi connectivity index (χ2n) is 4.75. The Morgan fingerprint density at radius 1 is 1.28 bits per heavy atom. The predicted molar refractivity (Wildman–Crippen MR) is 75.3 cm³/mol. The molecule has 0 saturated heterocycles. The summed E-state index contributed by atoms with van der Waals surface area (Å²) >= 11 is 1.77. The maximum atomic E-state index is 6.33. The fraction of sp³-hybridized carbons (Fsp3) is 0.333. The van der Waals surface area contributed by atoms with E-state index in [1.165, 1.54) is 20.9 Å². The van der Waals surface area contributed by atoms with Gasteiger partial charge in [0.2, 0.25) is 0 Å². The van der Waals surface area contributed by atoms with Crippen LogP contribution >= 0.6 is 11.3 Å². The first kappa shape index (κ1) is 11.8. The van der Waals surface area contributed by atoms with Crippen molar-refractivity contribution >= 4 is 11.3 Å². The van der Waals surface area contributed by atoms with Crippen LogP contribution in [0.5, 0.6) is 5.75 Å². The molecular formula is C15H17NOS. The van der Waals surface area contributed by atoms with Crippen molar-refractivity contribution in [3.05, 3.63) is 51.2 Å². The van der Waals surface area contributed by atoms with Crippen LogP contribution in [-0.4, -0.2) is 6.61 Å². The number of hydrogen-bond donors (Lipinski definition) is 1. The molecule has 0 spiro atoms. The van der Waals surface area contributed by atoms with E-state index in [1.807, 2.05) is 0 Å². The molecule has 1 aromatic heterocycles. The molecule has 2 N–H and O–H groups in total. The lowest BCUT2D eigenvalue weighted by molar-refractivity contribution is 0.288. The summed E-state index contributed by atoms with van der Waals surface area (Å²) in [5.74, 6) is 1.03. The maximum absolute atomic E-state index is 6.33. The molecule has 1 aromatic carbocycles. The number of rotatable bonds is 2. The Labute approximate surface area is 111 Å². The molecule has 94 valence electrons. The van der Waals surface area contributed by atoms with Gasteiger partial charge in [0.1, 0.15) is 5.75 Å². The third-order valence-corrected chi connectivity index (χ3v) is 4.44. The van der Waals surface area contributed by atoms with Gasteiger partial charge < -0.3 is 10.5 Å². The lowest BCUT2D eigenvalue weighted by atomic mass is 9.99. The van der Waals surface area contributed by atoms with E-state index < -0.39 is 0 Å². The summed E-state index contributed by atoms with van der Waals surface area (Å²) in [5, 5.41) is 0. The maximum Gasteiger partial charge on any atom is 0.122 e. The highest BCUT2D eigenvalue weighted by Gasteiger charge is 2.15. The second kappa shape index (κ2) is 4.75. The highest BCUT2D eigenvalue weighted by Crippen LogP contribution is 2.31. The van der Waals surface area contributed by atoms with Crippen LogP contribution in [0.3, 0.4) is 0 Å². The molecule has 3 rings (SSSR count). The first-order valence-electron chi connectivity index (χ1n) is 6.31. The van der Waals surface area contributed by atoms with Crippen molar-refractivity contribution in [1.29, 1.82) is 0 Å². The monoisotopic (exact) mass is 259 g/mol. The van der Waals surface area contributed by atoms with Gasteiger partial charge in [0.05, 0.1) is 12.6 Å². The van der Waals surface area contributed by atoms with Gasteiger partial charge in [-0.15, -0.1) is 11.3 Å². The number of thiophene rings is 1. The predicted octanol–water partition coefficient (Wildman–Crippen LogP) is 3.43. The van der Waals surface area contributed by atoms with Gasteiger partial charge in [-0.1, -0.05) is 12.1 Å². The molecule has 1 atom stereocenters. The Hall–Kier alpha value is -1.32. The lowest BCUT2D eigenvalue weighted by Crippen LogP contribution is -2.13. The summed E-state index contributed by atoms with van der Waals surface area (Å²) in [6, 6.07) is 10.6. The summed E-state index contributed by atoms with van der Waals surface area (Å²) in [7, 11) is 0. The van der Waals surface area contributed by atoms with Crippen LogP contribution in [0, 0.1) is 6.92 Å². The van der Waals surface area contributed by atoms with Gasteiger partial charge in [-0.2, -0.15) is 0 Å². The average molecular weight is 259 g/mol. The zero-order valence-electron chi connectivity index (χ0n) is 10.5. The molecule has 0 aliphatic carbocycles. The van der Waals surface area contributed by atoms with E-state index in [0.29, 0.717) is 0 Å². The molecule has 1 unspecified atom stereocenters. The van der Waals surface area contributed by atoms with Crippen LogP contribution in [0.1, 0.15) is 33.3 Å². The molecule has 0 fully saturated rings. The first-order chi connectivity index (χ1) is 8.74. The summed E-state index contributed by atoms with van der Waals surface area (Å²) in [5.41, 5.74) is 8.81. The Morgan fingerprint density at radius 2 is 2.17 bits per heavy atom. The minimum Gasteiger partial charge on any atom is -0.493 e. The Bertz CT molecular complexity index is 561. The SMILES string of the molecule is Cc1ccc(C(N)c2ccc3c(c2)CCCO3)s1. The number of benzene rings is 1. The summed E-state index contributed by atoms with van der Waals surface area (Å²) in [6.07, 6.45) is 2.20. The number of aryl methyl sites for hydroxylation is 2. The van der Waals surface area contributed by atoms with Crippen LogP contribution in [0.15, 0.2) is 30.3 Å². The largest absolute Gasteiger partial charge is 0.493 e. The lowest BCUT2D eigenvalue weighted by Gasteiger charge is -2.19. The quantitative estimate of drug-likeness (QED) is 0.896. The molecule has 0 amide bonds. The fourth-order valence-electron chi connectivity index (χ4n) is 2.36. The zero-order valence-corrected chi connectivity index (χ0v) is 11.3. The van der Waals surface area contributed by atoms with Crippen molar-refractivity contribution in [2.24, 2.45) is 5.73 Å². The Morgan fingerprint density at radius 3 is 2.94 bits per heavy atom. The molecule has 0 bridgehead atoms. The highest BCUT2D eigenvalue weighted by molar-refractivity contribution is 7.12. The van der Waals surface area contributed by atoms with Crippen LogP contribution in [0.25, 0.3) is 0 Å². The van der Waals surface area contributed by atoms with E-state index in [1.54, 1.807) is 11.3 Å². The van der Waals surface area contributed by atoms with E-state index in [-0.39, 0.29) is 6.04 Å². The van der Waals surface area contributed by atoms with Crippen molar-refractivity contribution < 1.29 is 4.74 Å². The van der Waals surface area contributed by atoms with Crippen LogP contribution < -0.4 is 10.5 Å². The average Bonchev–Trinajstić information content (AvgIpc) is 2.84. The van der Waals surface area contributed by atoms with Crippen LogP contribution in [0.2, 0.25) is 0 Å². The number of hydrogen-bond acceptors (Lipinski definition) is 3. The standard InChI is InChI=1S/C15H17NOS/c1-10-4-7-14(18-10)15(16)12-5-6-13-11(9-12)3-2-8-17-13/h4-7,9,15H,2-3,8,16H2,1H3. The minimum absolute atomic E-state index is 0.0177. The van der Waals surface area contributed by atoms with Crippen LogP contribution in [0.4, 0.5) is 0 Å². The summed E-state index contributed by atoms with van der Waals surface area (Å²) < 4.78 is 5.63. The zero-order chi connectivity index (χ0) is 12.5. The molecular weight excluding hydrogens is 242 g/mol. The van der Waals surface area contributed by atoms with Crippen molar-refractivity contribution in [3.8, 4) is 5.75 Å². The van der Waals surface area contributed by atoms with Gasteiger partial charge in [0.25, 0.3) is 0 Å². The van der Waals surface area contributed by atoms with E-state index in [0.717, 1.165) is 25.2 Å². The number of nitrogens with two attached hydrogens (primary N) is 1. The molecule has 2 heterocycles. The normalized spacial score (nSPS) is 15.9. The smallest absolute Gasteiger partial charge is 0.122 e. The van der Waals surface area contributed by atoms with E-state index in [4.69, 9.17) is 10.5 Å². The Kier molecular flexibility index (Phi) is 3.10. The molecule has 2 nitrogen and oxygen atoms in total. The van der Waals surface area contributed by atoms with Crippen molar-refractivity contribution in [3.63, 3.8) is 0 Å². The highest BCUT2D eigenvalue weighted by atomic mass is 32.1. The van der Waals surface area contributed by atoms with Crippen LogP contribution in [-0.2, 0) is 6.42 Å². The minimum atomic E-state index is -0.0177. The Balaban J connectivity index is 1.92. The van der Waals surface area contributed by atoms with E-state index >= 15 is 0 Å². The topological polar surface area (TPSA) is 35.2 Å². The fourth-order valence-corrected chi connectivity index (χ4v) is 3.27. The van der Waals surface area contributed by atoms with Crippen molar-refractivity contribution in [2.75, 3.05) is 6.61 Å². The second-order valence-corrected chi connectivity index (χ2v) is 6.06. The molecule has 0 saturated carbocycles. The van der Waals surface area contributed by atoms with Gasteiger partial charge in [-0.05, 0) is 49.1 Å². The molecule has 3 heteroatoms. The summed E-state index contributed by atoms with van der Waals surface area (Å²) in [4.78, 5) is 2.53. The third-order valence-electron chi connectivity index (χ3n) is 3.36. The third kappa shape index (κ3) is 2.16. The molecule has 2 aromatic rings. The molecule has 0 radical (unpaired) electrons. The summed E-state index contributed by atoms with van der Waals surface area (Å²) in [6.45, 7) is 2.95. The van der Waals surface area contributed by atoms with Gasteiger partial charge >= 0.3 is 0 Å². The number of ether oxygens (including phenoxy) is 1. The number of fused-ring (bicyclic) bond motifs is 1. The van der Waals surface area contributed by atoms with E-state index in [9.17, 15) is 0 Å². The van der Waals surface area contributed by atoms with Crippen molar-refractivity contribution in [1.82, 2.24) is 0 Å². The van der Waals surface area contributed by atoms with Crippen molar-refractivity contribution in [2.45, 2.75) is 25.8 Å². The van der Waals surface area contributed by atoms with Gasteiger partial charge in [0.15, 0.2) is 0 Å². The van der Waals surface area contributed by atoms with Gasteiger partial charge in [-0.3, -0.25) is 0 Å². The molecule has 1 aliphatic rings. The van der Waals surface area contributed by atoms with Gasteiger partial charge in [-0.25, -0.2) is 0 Å². The first-order valence-corrected chi connectivity index (χ1v) is 7.13.